The number of hydrogen-bond donors (Lipinski definition) is 1. The van der Waals surface area contributed by atoms with Crippen LogP contribution >= 0.6 is 35.2 Å². The van der Waals surface area contributed by atoms with Crippen LogP contribution in [-0.4, -0.2) is 41.2 Å². The minimum Gasteiger partial charge on any atom is -0.368 e. The van der Waals surface area contributed by atoms with Crippen molar-refractivity contribution in [3.8, 4) is 11.3 Å². The summed E-state index contributed by atoms with van der Waals surface area (Å²) < 4.78 is 0. The van der Waals surface area contributed by atoms with Gasteiger partial charge in [-0.3, -0.25) is 0 Å². The van der Waals surface area contributed by atoms with Gasteiger partial charge in [-0.2, -0.15) is 0 Å². The van der Waals surface area contributed by atoms with Gasteiger partial charge in [0.1, 0.15) is 0 Å². The molecule has 1 aromatic heterocycles. The van der Waals surface area contributed by atoms with Crippen LogP contribution in [0.1, 0.15) is 0 Å². The molecule has 7 heteroatoms. The second-order valence-corrected chi connectivity index (χ2v) is 7.97. The minimum absolute atomic E-state index is 0.736. The van der Waals surface area contributed by atoms with Crippen LogP contribution in [-0.2, 0) is 0 Å². The molecule has 1 fully saturated rings. The van der Waals surface area contributed by atoms with Gasteiger partial charge in [0, 0.05) is 47.8 Å². The highest BCUT2D eigenvalue weighted by molar-refractivity contribution is 7.80. The fraction of sp³-hybridized carbons (Fsp3) is 0.200. The van der Waals surface area contributed by atoms with Crippen molar-refractivity contribution in [1.29, 1.82) is 0 Å². The summed E-state index contributed by atoms with van der Waals surface area (Å²) in [5.74, 6) is 0. The monoisotopic (exact) mass is 414 g/mol. The average molecular weight is 415 g/mol. The SMILES string of the molecule is S=C(Nc1nc(-c2ccccc2)cs1)N1CCN(c2ccc(Cl)cc2)CC1. The van der Waals surface area contributed by atoms with Crippen molar-refractivity contribution in [1.82, 2.24) is 9.88 Å². The molecule has 0 unspecified atom stereocenters. The van der Waals surface area contributed by atoms with Crippen LogP contribution in [0.15, 0.2) is 60.0 Å². The van der Waals surface area contributed by atoms with E-state index < -0.39 is 0 Å². The van der Waals surface area contributed by atoms with Crippen molar-refractivity contribution in [2.45, 2.75) is 0 Å². The highest BCUT2D eigenvalue weighted by Gasteiger charge is 2.20. The fourth-order valence-corrected chi connectivity index (χ4v) is 4.25. The summed E-state index contributed by atoms with van der Waals surface area (Å²) in [5.41, 5.74) is 3.29. The molecule has 1 aliphatic rings. The van der Waals surface area contributed by atoms with Gasteiger partial charge in [0.05, 0.1) is 5.69 Å². The number of aromatic nitrogens is 1. The summed E-state index contributed by atoms with van der Waals surface area (Å²) in [7, 11) is 0. The Morgan fingerprint density at radius 1 is 1.00 bits per heavy atom. The van der Waals surface area contributed by atoms with Gasteiger partial charge in [-0.05, 0) is 36.5 Å². The maximum absolute atomic E-state index is 5.98. The minimum atomic E-state index is 0.736. The Morgan fingerprint density at radius 2 is 1.70 bits per heavy atom. The van der Waals surface area contributed by atoms with Crippen molar-refractivity contribution in [2.24, 2.45) is 0 Å². The molecule has 2 aromatic carbocycles. The molecule has 1 saturated heterocycles. The van der Waals surface area contributed by atoms with E-state index in [1.165, 1.54) is 5.69 Å². The Morgan fingerprint density at radius 3 is 2.41 bits per heavy atom. The van der Waals surface area contributed by atoms with Crippen LogP contribution in [0.2, 0.25) is 5.02 Å². The number of rotatable bonds is 3. The zero-order valence-corrected chi connectivity index (χ0v) is 17.0. The van der Waals surface area contributed by atoms with Gasteiger partial charge in [-0.25, -0.2) is 4.98 Å². The largest absolute Gasteiger partial charge is 0.368 e. The summed E-state index contributed by atoms with van der Waals surface area (Å²) in [6, 6.07) is 18.2. The molecule has 0 radical (unpaired) electrons. The van der Waals surface area contributed by atoms with Crippen LogP contribution in [0.25, 0.3) is 11.3 Å². The molecular formula is C20H19ClN4S2. The predicted molar refractivity (Wildman–Crippen MR) is 119 cm³/mol. The molecule has 4 rings (SSSR count). The molecule has 0 atom stereocenters. The normalized spacial score (nSPS) is 14.3. The van der Waals surface area contributed by atoms with Crippen molar-refractivity contribution in [3.63, 3.8) is 0 Å². The van der Waals surface area contributed by atoms with E-state index in [2.05, 4.69) is 49.7 Å². The van der Waals surface area contributed by atoms with Crippen LogP contribution in [0.3, 0.4) is 0 Å². The molecule has 0 saturated carbocycles. The highest BCUT2D eigenvalue weighted by Crippen LogP contribution is 2.25. The lowest BCUT2D eigenvalue weighted by Gasteiger charge is -2.37. The van der Waals surface area contributed by atoms with Crippen LogP contribution in [0.4, 0.5) is 10.8 Å². The van der Waals surface area contributed by atoms with E-state index >= 15 is 0 Å². The number of hydrogen-bond acceptors (Lipinski definition) is 4. The van der Waals surface area contributed by atoms with Crippen LogP contribution in [0.5, 0.6) is 0 Å². The molecule has 0 spiro atoms. The lowest BCUT2D eigenvalue weighted by Crippen LogP contribution is -2.50. The highest BCUT2D eigenvalue weighted by atomic mass is 35.5. The number of nitrogens with zero attached hydrogens (tertiary/aromatic N) is 3. The number of halogens is 1. The Labute approximate surface area is 173 Å². The Balaban J connectivity index is 1.33. The van der Waals surface area contributed by atoms with Gasteiger partial charge in [0.25, 0.3) is 0 Å². The molecule has 0 amide bonds. The Hall–Kier alpha value is -2.15. The van der Waals surface area contributed by atoms with Crippen molar-refractivity contribution in [2.75, 3.05) is 36.4 Å². The molecule has 1 aliphatic heterocycles. The van der Waals surface area contributed by atoms with Crippen LogP contribution < -0.4 is 10.2 Å². The first-order valence-electron chi connectivity index (χ1n) is 8.76. The van der Waals surface area contributed by atoms with Crippen molar-refractivity contribution >= 4 is 51.1 Å². The van der Waals surface area contributed by atoms with E-state index in [1.54, 1.807) is 11.3 Å². The number of thiocarbonyl (C=S) groups is 1. The number of anilines is 2. The summed E-state index contributed by atoms with van der Waals surface area (Å²) in [6.45, 7) is 3.62. The van der Waals surface area contributed by atoms with E-state index in [1.807, 2.05) is 30.3 Å². The lowest BCUT2D eigenvalue weighted by atomic mass is 10.2. The van der Waals surface area contributed by atoms with Gasteiger partial charge >= 0.3 is 0 Å². The summed E-state index contributed by atoms with van der Waals surface area (Å²) in [4.78, 5) is 9.21. The summed E-state index contributed by atoms with van der Waals surface area (Å²) in [6.07, 6.45) is 0. The number of piperazine rings is 1. The second-order valence-electron chi connectivity index (χ2n) is 6.28. The molecular weight excluding hydrogens is 396 g/mol. The first-order chi connectivity index (χ1) is 13.2. The maximum Gasteiger partial charge on any atom is 0.189 e. The molecule has 1 N–H and O–H groups in total. The Kier molecular flexibility index (Phi) is 5.57. The lowest BCUT2D eigenvalue weighted by molar-refractivity contribution is 0.391. The molecule has 0 aliphatic carbocycles. The summed E-state index contributed by atoms with van der Waals surface area (Å²) in [5, 5.41) is 7.68. The fourth-order valence-electron chi connectivity index (χ4n) is 3.06. The number of thiazole rings is 1. The zero-order valence-electron chi connectivity index (χ0n) is 14.6. The standard InChI is InChI=1S/C20H19ClN4S2/c21-16-6-8-17(9-7-16)24-10-12-25(13-11-24)20(26)23-19-22-18(14-27-19)15-4-2-1-3-5-15/h1-9,14H,10-13H2,(H,22,23,26). The van der Waals surface area contributed by atoms with Crippen molar-refractivity contribution in [3.05, 3.63) is 65.0 Å². The summed E-state index contributed by atoms with van der Waals surface area (Å²) >= 11 is 13.2. The van der Waals surface area contributed by atoms with Gasteiger partial charge in [0.2, 0.25) is 0 Å². The number of nitrogens with one attached hydrogen (secondary N) is 1. The van der Waals surface area contributed by atoms with E-state index in [0.717, 1.165) is 52.7 Å². The first kappa shape index (κ1) is 18.2. The van der Waals surface area contributed by atoms with Gasteiger partial charge < -0.3 is 15.1 Å². The molecule has 138 valence electrons. The van der Waals surface area contributed by atoms with E-state index in [9.17, 15) is 0 Å². The average Bonchev–Trinajstić information content (AvgIpc) is 3.18. The number of benzene rings is 2. The Bertz CT molecular complexity index is 903. The molecule has 0 bridgehead atoms. The second kappa shape index (κ2) is 8.25. The predicted octanol–water partition coefficient (Wildman–Crippen LogP) is 4.98. The van der Waals surface area contributed by atoms with Crippen molar-refractivity contribution < 1.29 is 0 Å². The smallest absolute Gasteiger partial charge is 0.189 e. The van der Waals surface area contributed by atoms with Gasteiger partial charge in [0.15, 0.2) is 10.2 Å². The molecule has 4 nitrogen and oxygen atoms in total. The molecule has 3 aromatic rings. The first-order valence-corrected chi connectivity index (χ1v) is 10.4. The quantitative estimate of drug-likeness (QED) is 0.610. The zero-order chi connectivity index (χ0) is 18.6. The third kappa shape index (κ3) is 4.40. The molecule has 27 heavy (non-hydrogen) atoms. The van der Waals surface area contributed by atoms with E-state index in [-0.39, 0.29) is 0 Å². The van der Waals surface area contributed by atoms with Crippen LogP contribution in [0, 0.1) is 0 Å². The van der Waals surface area contributed by atoms with E-state index in [4.69, 9.17) is 23.8 Å². The maximum atomic E-state index is 5.98. The van der Waals surface area contributed by atoms with E-state index in [0.29, 0.717) is 0 Å². The third-order valence-electron chi connectivity index (χ3n) is 4.55. The van der Waals surface area contributed by atoms with Gasteiger partial charge in [-0.15, -0.1) is 11.3 Å². The topological polar surface area (TPSA) is 31.4 Å². The third-order valence-corrected chi connectivity index (χ3v) is 5.92. The van der Waals surface area contributed by atoms with Gasteiger partial charge in [-0.1, -0.05) is 41.9 Å². The molecule has 2 heterocycles.